The first kappa shape index (κ1) is 20.9. The highest BCUT2D eigenvalue weighted by atomic mass is 16.5. The number of aliphatic imine (C=N–C) groups is 1. The number of methoxy groups -OCH3 is 1. The van der Waals surface area contributed by atoms with Gasteiger partial charge in [0.05, 0.1) is 12.8 Å². The van der Waals surface area contributed by atoms with E-state index in [-0.39, 0.29) is 5.78 Å². The van der Waals surface area contributed by atoms with Crippen LogP contribution in [0.4, 0.5) is 5.69 Å². The molecule has 0 aliphatic carbocycles. The Balaban J connectivity index is 2.06. The van der Waals surface area contributed by atoms with Crippen molar-refractivity contribution in [3.05, 3.63) is 102 Å². The lowest BCUT2D eigenvalue weighted by atomic mass is 9.97. The van der Waals surface area contributed by atoms with Gasteiger partial charge in [0.2, 0.25) is 5.78 Å². The van der Waals surface area contributed by atoms with Crippen LogP contribution in [0.1, 0.15) is 17.2 Å². The smallest absolute Gasteiger partial charge is 0.207 e. The van der Waals surface area contributed by atoms with E-state index >= 15 is 0 Å². The third kappa shape index (κ3) is 4.75. The summed E-state index contributed by atoms with van der Waals surface area (Å²) in [5.41, 5.74) is 3.34. The normalized spacial score (nSPS) is 12.3. The summed E-state index contributed by atoms with van der Waals surface area (Å²) < 4.78 is 5.31. The number of ketones is 1. The van der Waals surface area contributed by atoms with Gasteiger partial charge in [0.25, 0.3) is 0 Å². The molecule has 0 aliphatic heterocycles. The zero-order valence-corrected chi connectivity index (χ0v) is 17.1. The zero-order valence-electron chi connectivity index (χ0n) is 17.1. The van der Waals surface area contributed by atoms with Crippen LogP contribution < -0.4 is 15.4 Å². The number of likely N-dealkylation sites (N-methyl/N-ethyl adjacent to an activating group) is 1. The minimum absolute atomic E-state index is 0.141. The van der Waals surface area contributed by atoms with Gasteiger partial charge in [-0.05, 0) is 24.4 Å². The van der Waals surface area contributed by atoms with Gasteiger partial charge >= 0.3 is 0 Å². The van der Waals surface area contributed by atoms with Gasteiger partial charge in [-0.1, -0.05) is 66.7 Å². The van der Waals surface area contributed by atoms with Gasteiger partial charge in [0.15, 0.2) is 0 Å². The molecule has 0 amide bonds. The van der Waals surface area contributed by atoms with Crippen LogP contribution in [-0.4, -0.2) is 26.7 Å². The first-order valence-electron chi connectivity index (χ1n) is 9.62. The van der Waals surface area contributed by atoms with Crippen LogP contribution >= 0.6 is 0 Å². The van der Waals surface area contributed by atoms with Crippen molar-refractivity contribution in [3.8, 4) is 5.75 Å². The molecule has 0 saturated heterocycles. The first-order valence-corrected chi connectivity index (χ1v) is 9.62. The van der Waals surface area contributed by atoms with Gasteiger partial charge in [-0.15, -0.1) is 0 Å². The lowest BCUT2D eigenvalue weighted by molar-refractivity contribution is -0.116. The maximum Gasteiger partial charge on any atom is 0.207 e. The zero-order chi connectivity index (χ0) is 21.3. The van der Waals surface area contributed by atoms with E-state index in [0.29, 0.717) is 17.1 Å². The summed E-state index contributed by atoms with van der Waals surface area (Å²) in [5.74, 6) is 0.569. The van der Waals surface area contributed by atoms with Crippen molar-refractivity contribution in [2.45, 2.75) is 6.04 Å². The fourth-order valence-electron chi connectivity index (χ4n) is 3.24. The molecule has 5 nitrogen and oxygen atoms in total. The highest BCUT2D eigenvalue weighted by molar-refractivity contribution is 6.07. The largest absolute Gasteiger partial charge is 0.497 e. The topological polar surface area (TPSA) is 62.7 Å². The summed E-state index contributed by atoms with van der Waals surface area (Å²) in [6.07, 6.45) is 0. The van der Waals surface area contributed by atoms with Crippen LogP contribution in [-0.2, 0) is 4.79 Å². The third-order valence-corrected chi connectivity index (χ3v) is 4.71. The van der Waals surface area contributed by atoms with Crippen LogP contribution in [0, 0.1) is 0 Å². The lowest BCUT2D eigenvalue weighted by Crippen LogP contribution is -2.28. The van der Waals surface area contributed by atoms with E-state index in [1.54, 1.807) is 14.2 Å². The molecule has 152 valence electrons. The number of carbonyl (C=O) groups excluding carboxylic acids is 1. The fraction of sp³-hybridized carbons (Fsp3) is 0.120. The van der Waals surface area contributed by atoms with E-state index < -0.39 is 6.04 Å². The summed E-state index contributed by atoms with van der Waals surface area (Å²) in [6, 6.07) is 26.0. The quantitative estimate of drug-likeness (QED) is 0.404. The number of nitrogens with one attached hydrogen (secondary N) is 2. The Morgan fingerprint density at radius 1 is 0.967 bits per heavy atom. The van der Waals surface area contributed by atoms with Crippen molar-refractivity contribution >= 4 is 23.9 Å². The van der Waals surface area contributed by atoms with E-state index in [0.717, 1.165) is 16.8 Å². The first-order chi connectivity index (χ1) is 14.7. The van der Waals surface area contributed by atoms with Gasteiger partial charge in [-0.2, -0.15) is 0 Å². The maximum atomic E-state index is 13.7. The van der Waals surface area contributed by atoms with E-state index in [9.17, 15) is 4.79 Å². The third-order valence-electron chi connectivity index (χ3n) is 4.71. The number of hydrogen-bond donors (Lipinski definition) is 2. The molecule has 3 aromatic rings. The van der Waals surface area contributed by atoms with Gasteiger partial charge in [-0.25, -0.2) is 0 Å². The second-order valence-electron chi connectivity index (χ2n) is 6.58. The molecule has 0 bridgehead atoms. The van der Waals surface area contributed by atoms with Gasteiger partial charge < -0.3 is 15.4 Å². The summed E-state index contributed by atoms with van der Waals surface area (Å²) in [5, 5.41) is 6.39. The summed E-state index contributed by atoms with van der Waals surface area (Å²) in [6.45, 7) is 3.69. The maximum absolute atomic E-state index is 13.7. The summed E-state index contributed by atoms with van der Waals surface area (Å²) in [7, 11) is 3.33. The van der Waals surface area contributed by atoms with Crippen molar-refractivity contribution in [1.29, 1.82) is 0 Å². The number of ether oxygens (including phenoxy) is 1. The number of nitrogens with zero attached hydrogens (tertiary/aromatic N) is 1. The molecule has 0 fully saturated rings. The SMILES string of the molecule is C=N/C(=C(\NC)C(=O)C(Nc1cccc(OC)c1)c1ccccc1)c1ccccc1. The van der Waals surface area contributed by atoms with Crippen LogP contribution in [0.2, 0.25) is 0 Å². The minimum atomic E-state index is -0.624. The molecule has 5 heteroatoms. The number of rotatable bonds is 9. The fourth-order valence-corrected chi connectivity index (χ4v) is 3.24. The van der Waals surface area contributed by atoms with Gasteiger partial charge in [0.1, 0.15) is 17.5 Å². The summed E-state index contributed by atoms with van der Waals surface area (Å²) in [4.78, 5) is 17.9. The number of carbonyl (C=O) groups is 1. The molecule has 1 atom stereocenters. The van der Waals surface area contributed by atoms with Crippen molar-refractivity contribution in [2.24, 2.45) is 4.99 Å². The minimum Gasteiger partial charge on any atom is -0.497 e. The highest BCUT2D eigenvalue weighted by Gasteiger charge is 2.26. The Morgan fingerprint density at radius 2 is 1.63 bits per heavy atom. The van der Waals surface area contributed by atoms with Crippen molar-refractivity contribution in [2.75, 3.05) is 19.5 Å². The number of hydrogen-bond acceptors (Lipinski definition) is 5. The number of anilines is 1. The molecule has 1 unspecified atom stereocenters. The predicted octanol–water partition coefficient (Wildman–Crippen LogP) is 4.71. The molecule has 3 rings (SSSR count). The van der Waals surface area contributed by atoms with E-state index in [1.165, 1.54) is 0 Å². The molecule has 30 heavy (non-hydrogen) atoms. The van der Waals surface area contributed by atoms with E-state index in [4.69, 9.17) is 4.74 Å². The van der Waals surface area contributed by atoms with Crippen molar-refractivity contribution < 1.29 is 9.53 Å². The average molecular weight is 399 g/mol. The Kier molecular flexibility index (Phi) is 7.00. The van der Waals surface area contributed by atoms with Gasteiger partial charge in [-0.3, -0.25) is 9.79 Å². The van der Waals surface area contributed by atoms with Crippen LogP contribution in [0.5, 0.6) is 5.75 Å². The van der Waals surface area contributed by atoms with Crippen LogP contribution in [0.15, 0.2) is 95.6 Å². The predicted molar refractivity (Wildman–Crippen MR) is 123 cm³/mol. The second-order valence-corrected chi connectivity index (χ2v) is 6.58. The van der Waals surface area contributed by atoms with Crippen LogP contribution in [0.25, 0.3) is 5.70 Å². The summed E-state index contributed by atoms with van der Waals surface area (Å²) >= 11 is 0. The molecular weight excluding hydrogens is 374 g/mol. The number of Topliss-reactive ketones (excluding diaryl/α,β-unsaturated/α-hetero) is 1. The highest BCUT2D eigenvalue weighted by Crippen LogP contribution is 2.28. The second kappa shape index (κ2) is 10.1. The molecule has 0 spiro atoms. The Morgan fingerprint density at radius 3 is 2.23 bits per heavy atom. The number of benzene rings is 3. The van der Waals surface area contributed by atoms with E-state index in [2.05, 4.69) is 22.3 Å². The molecule has 3 aromatic carbocycles. The Labute approximate surface area is 177 Å². The molecular formula is C25H25N3O2. The van der Waals surface area contributed by atoms with Crippen LogP contribution in [0.3, 0.4) is 0 Å². The molecule has 0 heterocycles. The van der Waals surface area contributed by atoms with E-state index in [1.807, 2.05) is 84.9 Å². The Bertz CT molecular complexity index is 1030. The van der Waals surface area contributed by atoms with Crippen molar-refractivity contribution in [3.63, 3.8) is 0 Å². The monoisotopic (exact) mass is 399 g/mol. The average Bonchev–Trinajstić information content (AvgIpc) is 2.81. The lowest BCUT2D eigenvalue weighted by Gasteiger charge is -2.22. The Hall–Kier alpha value is -3.86. The van der Waals surface area contributed by atoms with Crippen molar-refractivity contribution in [1.82, 2.24) is 5.32 Å². The molecule has 0 aromatic heterocycles. The van der Waals surface area contributed by atoms with Gasteiger partial charge in [0, 0.05) is 24.4 Å². The molecule has 2 N–H and O–H groups in total. The standard InChI is InChI=1S/C25H25N3O2/c1-26-22(18-11-6-4-7-12-18)24(27-2)25(29)23(19-13-8-5-9-14-19)28-20-15-10-16-21(17-20)30-3/h4-17,23,27-28H,1H2,2-3H3/b24-22-. The molecule has 0 radical (unpaired) electrons. The molecule has 0 saturated carbocycles. The molecule has 0 aliphatic rings.